The molecule has 0 amide bonds. The highest BCUT2D eigenvalue weighted by Gasteiger charge is 2.04. The van der Waals surface area contributed by atoms with Crippen LogP contribution in [-0.2, 0) is 0 Å². The molecule has 0 saturated carbocycles. The Hall–Kier alpha value is -2.16. The smallest absolute Gasteiger partial charge is 0.153 e. The lowest BCUT2D eigenvalue weighted by atomic mass is 10.0. The van der Waals surface area contributed by atoms with E-state index in [1.807, 2.05) is 0 Å². The van der Waals surface area contributed by atoms with Crippen LogP contribution >= 0.6 is 0 Å². The fourth-order valence-corrected chi connectivity index (χ4v) is 1.49. The third-order valence-corrected chi connectivity index (χ3v) is 2.32. The monoisotopic (exact) mass is 216 g/mol. The van der Waals surface area contributed by atoms with E-state index in [2.05, 4.69) is 0 Å². The molecule has 0 aromatic heterocycles. The molecule has 0 atom stereocenters. The summed E-state index contributed by atoms with van der Waals surface area (Å²) in [5.74, 6) is -0.437. The van der Waals surface area contributed by atoms with Crippen molar-refractivity contribution in [3.05, 3.63) is 53.8 Å². The molecule has 2 rings (SSSR count). The molecule has 0 spiro atoms. The number of aldehydes is 1. The summed E-state index contributed by atoms with van der Waals surface area (Å²) >= 11 is 0. The standard InChI is InChI=1S/C13H9FO2/c14-12-3-1-2-9(6-12)10-4-5-11(8-15)13(16)7-10/h1-8,16H. The van der Waals surface area contributed by atoms with Crippen LogP contribution in [0.4, 0.5) is 4.39 Å². The zero-order chi connectivity index (χ0) is 11.5. The van der Waals surface area contributed by atoms with Crippen LogP contribution in [0.15, 0.2) is 42.5 Å². The molecule has 0 unspecified atom stereocenters. The molecule has 0 radical (unpaired) electrons. The molecule has 0 saturated heterocycles. The molecule has 16 heavy (non-hydrogen) atoms. The molecule has 80 valence electrons. The number of carbonyl (C=O) groups excluding carboxylic acids is 1. The van der Waals surface area contributed by atoms with Crippen molar-refractivity contribution in [2.75, 3.05) is 0 Å². The SMILES string of the molecule is O=Cc1ccc(-c2cccc(F)c2)cc1O. The number of aromatic hydroxyl groups is 1. The molecule has 0 aliphatic rings. The van der Waals surface area contributed by atoms with Gasteiger partial charge in [-0.05, 0) is 35.4 Å². The fourth-order valence-electron chi connectivity index (χ4n) is 1.49. The van der Waals surface area contributed by atoms with Crippen molar-refractivity contribution < 1.29 is 14.3 Å². The first-order chi connectivity index (χ1) is 7.70. The van der Waals surface area contributed by atoms with Gasteiger partial charge >= 0.3 is 0 Å². The Morgan fingerprint density at radius 1 is 1.06 bits per heavy atom. The van der Waals surface area contributed by atoms with Gasteiger partial charge in [0.15, 0.2) is 6.29 Å². The quantitative estimate of drug-likeness (QED) is 0.783. The molecule has 0 heterocycles. The first kappa shape index (κ1) is 10.4. The van der Waals surface area contributed by atoms with Crippen molar-refractivity contribution in [3.63, 3.8) is 0 Å². The lowest BCUT2D eigenvalue weighted by Gasteiger charge is -2.03. The van der Waals surface area contributed by atoms with Crippen molar-refractivity contribution in [3.8, 4) is 16.9 Å². The normalized spacial score (nSPS) is 10.1. The molecular formula is C13H9FO2. The maximum Gasteiger partial charge on any atom is 0.153 e. The number of hydrogen-bond acceptors (Lipinski definition) is 2. The highest BCUT2D eigenvalue weighted by atomic mass is 19.1. The van der Waals surface area contributed by atoms with Gasteiger partial charge < -0.3 is 5.11 Å². The first-order valence-electron chi connectivity index (χ1n) is 4.75. The summed E-state index contributed by atoms with van der Waals surface area (Å²) in [6.07, 6.45) is 0.574. The van der Waals surface area contributed by atoms with Gasteiger partial charge in [0.1, 0.15) is 11.6 Å². The van der Waals surface area contributed by atoms with Gasteiger partial charge in [0.25, 0.3) is 0 Å². The largest absolute Gasteiger partial charge is 0.507 e. The number of phenolic OH excluding ortho intramolecular Hbond substituents is 1. The second-order valence-electron chi connectivity index (χ2n) is 3.40. The minimum absolute atomic E-state index is 0.100. The van der Waals surface area contributed by atoms with Crippen LogP contribution in [-0.4, -0.2) is 11.4 Å². The van der Waals surface area contributed by atoms with Crippen LogP contribution in [0.2, 0.25) is 0 Å². The predicted octanol–water partition coefficient (Wildman–Crippen LogP) is 3.01. The Balaban J connectivity index is 2.49. The minimum atomic E-state index is -0.337. The first-order valence-corrected chi connectivity index (χ1v) is 4.75. The van der Waals surface area contributed by atoms with E-state index in [1.54, 1.807) is 18.2 Å². The molecule has 2 nitrogen and oxygen atoms in total. The number of rotatable bonds is 2. The van der Waals surface area contributed by atoms with E-state index < -0.39 is 0 Å². The highest BCUT2D eigenvalue weighted by Crippen LogP contribution is 2.25. The van der Waals surface area contributed by atoms with E-state index in [9.17, 15) is 14.3 Å². The number of halogens is 1. The third-order valence-electron chi connectivity index (χ3n) is 2.32. The maximum absolute atomic E-state index is 13.0. The number of carbonyl (C=O) groups is 1. The Bertz CT molecular complexity index is 535. The van der Waals surface area contributed by atoms with Gasteiger partial charge in [-0.25, -0.2) is 4.39 Å². The Morgan fingerprint density at radius 2 is 1.81 bits per heavy atom. The molecule has 2 aromatic carbocycles. The molecular weight excluding hydrogens is 207 g/mol. The van der Waals surface area contributed by atoms with Crippen LogP contribution in [0, 0.1) is 5.82 Å². The van der Waals surface area contributed by atoms with Crippen molar-refractivity contribution in [2.45, 2.75) is 0 Å². The molecule has 1 N–H and O–H groups in total. The van der Waals surface area contributed by atoms with Gasteiger partial charge in [-0.2, -0.15) is 0 Å². The van der Waals surface area contributed by atoms with Gasteiger partial charge in [-0.1, -0.05) is 18.2 Å². The molecule has 0 aliphatic carbocycles. The Morgan fingerprint density at radius 3 is 2.44 bits per heavy atom. The number of benzene rings is 2. The van der Waals surface area contributed by atoms with E-state index in [-0.39, 0.29) is 17.1 Å². The highest BCUT2D eigenvalue weighted by molar-refractivity contribution is 5.81. The zero-order valence-electron chi connectivity index (χ0n) is 8.35. The zero-order valence-corrected chi connectivity index (χ0v) is 8.35. The average Bonchev–Trinajstić information content (AvgIpc) is 2.29. The topological polar surface area (TPSA) is 37.3 Å². The maximum atomic E-state index is 13.0. The van der Waals surface area contributed by atoms with E-state index in [0.29, 0.717) is 17.4 Å². The lowest BCUT2D eigenvalue weighted by Crippen LogP contribution is -1.84. The van der Waals surface area contributed by atoms with Crippen LogP contribution in [0.1, 0.15) is 10.4 Å². The second-order valence-corrected chi connectivity index (χ2v) is 3.40. The van der Waals surface area contributed by atoms with E-state index >= 15 is 0 Å². The van der Waals surface area contributed by atoms with Crippen molar-refractivity contribution in [1.29, 1.82) is 0 Å². The fraction of sp³-hybridized carbons (Fsp3) is 0. The molecule has 0 fully saturated rings. The summed E-state index contributed by atoms with van der Waals surface area (Å²) in [7, 11) is 0. The predicted molar refractivity (Wildman–Crippen MR) is 58.9 cm³/mol. The second kappa shape index (κ2) is 4.14. The van der Waals surface area contributed by atoms with Crippen LogP contribution in [0.5, 0.6) is 5.75 Å². The summed E-state index contributed by atoms with van der Waals surface area (Å²) < 4.78 is 13.0. The van der Waals surface area contributed by atoms with Crippen molar-refractivity contribution >= 4 is 6.29 Å². The van der Waals surface area contributed by atoms with Crippen molar-refractivity contribution in [2.24, 2.45) is 0 Å². The summed E-state index contributed by atoms with van der Waals surface area (Å²) in [5.41, 5.74) is 1.55. The number of hydrogen-bond donors (Lipinski definition) is 1. The number of phenols is 1. The van der Waals surface area contributed by atoms with Gasteiger partial charge in [-0.3, -0.25) is 4.79 Å². The molecule has 0 aliphatic heterocycles. The van der Waals surface area contributed by atoms with E-state index in [0.717, 1.165) is 0 Å². The summed E-state index contributed by atoms with van der Waals surface area (Å²) in [4.78, 5) is 10.5. The molecule has 2 aromatic rings. The Labute approximate surface area is 92.0 Å². The van der Waals surface area contributed by atoms with Gasteiger partial charge in [-0.15, -0.1) is 0 Å². The summed E-state index contributed by atoms with van der Waals surface area (Å²) in [6.45, 7) is 0. The van der Waals surface area contributed by atoms with E-state index in [4.69, 9.17) is 0 Å². The minimum Gasteiger partial charge on any atom is -0.507 e. The van der Waals surface area contributed by atoms with E-state index in [1.165, 1.54) is 24.3 Å². The average molecular weight is 216 g/mol. The van der Waals surface area contributed by atoms with Crippen molar-refractivity contribution in [1.82, 2.24) is 0 Å². The summed E-state index contributed by atoms with van der Waals surface area (Å²) in [5, 5.41) is 9.50. The van der Waals surface area contributed by atoms with Crippen LogP contribution in [0.3, 0.4) is 0 Å². The molecule has 0 bridgehead atoms. The Kier molecular flexibility index (Phi) is 2.68. The van der Waals surface area contributed by atoms with Crippen LogP contribution < -0.4 is 0 Å². The third kappa shape index (κ3) is 1.93. The molecule has 3 heteroatoms. The van der Waals surface area contributed by atoms with Gasteiger partial charge in [0.2, 0.25) is 0 Å². The van der Waals surface area contributed by atoms with Gasteiger partial charge in [0, 0.05) is 0 Å². The summed E-state index contributed by atoms with van der Waals surface area (Å²) in [6, 6.07) is 10.7. The van der Waals surface area contributed by atoms with Gasteiger partial charge in [0.05, 0.1) is 5.56 Å². The lowest BCUT2D eigenvalue weighted by molar-refractivity contribution is 0.112. The van der Waals surface area contributed by atoms with Crippen LogP contribution in [0.25, 0.3) is 11.1 Å².